The van der Waals surface area contributed by atoms with Gasteiger partial charge < -0.3 is 91.0 Å². The maximum Gasteiger partial charge on any atom is 0.315 e. The number of aliphatic carboxylic acids is 2. The van der Waals surface area contributed by atoms with Crippen molar-refractivity contribution in [1.29, 1.82) is 0 Å². The lowest BCUT2D eigenvalue weighted by molar-refractivity contribution is -0.143. The van der Waals surface area contributed by atoms with Crippen LogP contribution in [0.3, 0.4) is 0 Å². The number of unbranched alkanes of at least 4 members (excludes halogenated alkanes) is 3. The number of likely N-dealkylation sites (tertiary alicyclic amines) is 2. The third kappa shape index (κ3) is 30.5. The molecule has 0 radical (unpaired) electrons. The number of nitrogens with zero attached hydrogens (tertiary/aromatic N) is 11. The Morgan fingerprint density at radius 2 is 0.701 bits per heavy atom. The van der Waals surface area contributed by atoms with Crippen LogP contribution in [0.2, 0.25) is 0 Å². The molecule has 127 heavy (non-hydrogen) atoms. The number of nitrogens with one attached hydrogen (secondary N) is 8. The minimum Gasteiger partial charge on any atom is -0.497 e. The molecular weight excluding hydrogens is 1760 g/mol. The normalized spacial score (nSPS) is 27.7. The fourth-order valence-corrected chi connectivity index (χ4v) is 27.4. The Labute approximate surface area is 763 Å². The highest BCUT2D eigenvalue weighted by Gasteiger charge is 2.51. The molecule has 45 heteroatoms. The van der Waals surface area contributed by atoms with Gasteiger partial charge in [-0.2, -0.15) is 70.6 Å². The van der Waals surface area contributed by atoms with Gasteiger partial charge in [0.1, 0.15) is 29.6 Å². The molecular formula is C82H119N19O20S6. The number of carbonyl (C=O) groups is 12. The van der Waals surface area contributed by atoms with Crippen molar-refractivity contribution in [3.05, 3.63) is 91.0 Å². The molecule has 21 atom stereocenters. The zero-order valence-corrected chi connectivity index (χ0v) is 77.2. The quantitative estimate of drug-likeness (QED) is 0.00565. The molecule has 12 saturated heterocycles. The second-order valence-electron chi connectivity index (χ2n) is 32.5. The number of thioether (sulfide) groups is 6. The Morgan fingerprint density at radius 3 is 1.01 bits per heavy atom. The molecule has 0 aromatic heterocycles. The fourth-order valence-electron chi connectivity index (χ4n) is 17.8. The third-order valence-corrected chi connectivity index (χ3v) is 33.5. The SMILES string of the molecule is COC(=O)C(CCC[C@@H]1SCC2CC(=O)N(Cc3ccc(OC)cc3)[C@@H]21)N=[N+]=[N-].COC(=O)C(CCC[C@@H]1SCC2NC(=O)N[C@@H]21)N=[N+]=[N-].COC(=O)CCCC[C@@H]1SCC2CC(=O)N(Cc3ccc(OC)cc3)[C@@H]21.COC(=O)CCCC[C@@H]1SCC2NC(=O)N[C@@H]21.O=C(O)CCCC[C@@H]1SCC2NC(=O)N[C@@H]21.[N-]=[N+]=NC(CCC[C@@H]1SCC2NC(=O)N[C@@H]21)C(=O)O. The minimum atomic E-state index is -1.09. The van der Waals surface area contributed by atoms with Crippen molar-refractivity contribution in [1.82, 2.24) is 52.3 Å². The van der Waals surface area contributed by atoms with Crippen LogP contribution in [-0.4, -0.2) is 279 Å². The van der Waals surface area contributed by atoms with Crippen LogP contribution >= 0.6 is 70.6 Å². The molecule has 12 fully saturated rings. The van der Waals surface area contributed by atoms with E-state index in [1.54, 1.807) is 26.0 Å². The molecule has 0 spiro atoms. The number of hydrogen-bond acceptors (Lipinski definition) is 27. The first kappa shape index (κ1) is 102. The second kappa shape index (κ2) is 52.5. The van der Waals surface area contributed by atoms with Gasteiger partial charge in [0.05, 0.1) is 91.0 Å². The van der Waals surface area contributed by atoms with Crippen LogP contribution in [0.25, 0.3) is 31.3 Å². The van der Waals surface area contributed by atoms with Gasteiger partial charge in [-0.3, -0.25) is 38.4 Å². The van der Waals surface area contributed by atoms with Crippen LogP contribution in [0.5, 0.6) is 11.5 Å². The Morgan fingerprint density at radius 1 is 0.402 bits per heavy atom. The van der Waals surface area contributed by atoms with E-state index in [9.17, 15) is 57.5 Å². The van der Waals surface area contributed by atoms with Gasteiger partial charge in [-0.1, -0.05) is 78.1 Å². The van der Waals surface area contributed by atoms with Crippen LogP contribution in [-0.2, 0) is 70.4 Å². The van der Waals surface area contributed by atoms with E-state index >= 15 is 0 Å². The topological polar surface area (TPSA) is 550 Å². The molecule has 698 valence electrons. The Hall–Kier alpha value is -9.09. The number of esters is 4. The van der Waals surface area contributed by atoms with E-state index in [0.717, 1.165) is 147 Å². The Bertz CT molecular complexity index is 4200. The summed E-state index contributed by atoms with van der Waals surface area (Å²) in [7, 11) is 8.71. The van der Waals surface area contributed by atoms with E-state index in [0.29, 0.717) is 114 Å². The lowest BCUT2D eigenvalue weighted by atomic mass is 9.96. The summed E-state index contributed by atoms with van der Waals surface area (Å²) in [6.07, 6.45) is 16.9. The molecule has 12 heterocycles. The van der Waals surface area contributed by atoms with E-state index < -0.39 is 42.0 Å². The monoisotopic (exact) mass is 1880 g/mol. The summed E-state index contributed by atoms with van der Waals surface area (Å²) < 4.78 is 29.0. The number of fused-ring (bicyclic) bond motifs is 6. The molecule has 0 bridgehead atoms. The van der Waals surface area contributed by atoms with Crippen molar-refractivity contribution in [2.24, 2.45) is 27.2 Å². The first-order valence-corrected chi connectivity index (χ1v) is 49.3. The van der Waals surface area contributed by atoms with Crippen molar-refractivity contribution >= 4 is 142 Å². The zero-order chi connectivity index (χ0) is 91.5. The number of benzene rings is 2. The molecule has 12 aliphatic rings. The number of carbonyl (C=O) groups excluding carboxylic acids is 10. The van der Waals surface area contributed by atoms with E-state index in [2.05, 4.69) is 87.0 Å². The molecule has 2 aromatic rings. The average molecular weight is 1880 g/mol. The maximum atomic E-state index is 12.6. The largest absolute Gasteiger partial charge is 0.497 e. The first-order valence-electron chi connectivity index (χ1n) is 43.0. The van der Waals surface area contributed by atoms with Gasteiger partial charge in [0.15, 0.2) is 0 Å². The number of rotatable bonds is 39. The van der Waals surface area contributed by atoms with Crippen LogP contribution < -0.4 is 52.0 Å². The molecule has 0 saturated carbocycles. The van der Waals surface area contributed by atoms with Crippen LogP contribution in [0, 0.1) is 11.8 Å². The highest BCUT2D eigenvalue weighted by atomic mass is 32.2. The number of ether oxygens (including phenoxy) is 6. The number of methoxy groups -OCH3 is 6. The predicted octanol–water partition coefficient (Wildman–Crippen LogP) is 10.8. The smallest absolute Gasteiger partial charge is 0.315 e. The van der Waals surface area contributed by atoms with E-state index in [4.69, 9.17) is 45.8 Å². The molecule has 14 rings (SSSR count). The summed E-state index contributed by atoms with van der Waals surface area (Å²) in [5, 5.41) is 53.2. The van der Waals surface area contributed by atoms with Crippen LogP contribution in [0.1, 0.15) is 159 Å². The summed E-state index contributed by atoms with van der Waals surface area (Å²) in [6.45, 7) is 1.27. The highest BCUT2D eigenvalue weighted by molar-refractivity contribution is 8.01. The average Bonchev–Trinajstić information content (AvgIpc) is 1.63. The Kier molecular flexibility index (Phi) is 42.1. The molecule has 0 aliphatic carbocycles. The summed E-state index contributed by atoms with van der Waals surface area (Å²) >= 11 is 11.3. The van der Waals surface area contributed by atoms with Gasteiger partial charge in [-0.15, -0.1) is 0 Å². The molecule has 2 aromatic carbocycles. The molecule has 12 aliphatic heterocycles. The van der Waals surface area contributed by atoms with Gasteiger partial charge in [0.25, 0.3) is 0 Å². The van der Waals surface area contributed by atoms with Crippen LogP contribution in [0.15, 0.2) is 63.9 Å². The molecule has 39 nitrogen and oxygen atoms in total. The molecule has 9 unspecified atom stereocenters. The van der Waals surface area contributed by atoms with Gasteiger partial charge >= 0.3 is 59.9 Å². The maximum absolute atomic E-state index is 12.6. The molecule has 10 N–H and O–H groups in total. The van der Waals surface area contributed by atoms with Gasteiger partial charge in [-0.05, 0) is 152 Å². The van der Waals surface area contributed by atoms with Crippen molar-refractivity contribution in [2.75, 3.05) is 77.2 Å². The first-order chi connectivity index (χ1) is 61.3. The van der Waals surface area contributed by atoms with E-state index in [1.165, 1.54) is 28.4 Å². The second-order valence-corrected chi connectivity index (χ2v) is 40.1. The lowest BCUT2D eigenvalue weighted by Crippen LogP contribution is -2.39. The van der Waals surface area contributed by atoms with Crippen molar-refractivity contribution in [2.45, 2.75) is 271 Å². The number of hydrogen-bond donors (Lipinski definition) is 10. The predicted molar refractivity (Wildman–Crippen MR) is 484 cm³/mol. The summed E-state index contributed by atoms with van der Waals surface area (Å²) in [4.78, 5) is 148. The third-order valence-electron chi connectivity index (χ3n) is 24.3. The Balaban J connectivity index is 0.000000174. The highest BCUT2D eigenvalue weighted by Crippen LogP contribution is 2.47. The standard InChI is InChI=1S/C20H26N4O4S.C20H27NO4S.C11H17N5O3S.C11H18N2O3S.C10H15N5O3S.C10H16N2O3S/c1-27-15-8-6-13(7-9-15)11-24-18(25)10-14-12-29-17(19(14)24)5-3-4-16(22-23-21)20(26)28-2;1-24-16-9-7-14(8-10-16)12-21-18(22)11-15-13-26-17(20(15)21)5-3-4-6-19(23)25-2;1-19-10(17)6(15-16-12)3-2-4-8-9-7(5-20-8)13-11(18)14-9;1-16-9(14)5-3-2-4-8-10-7(6-17-8)12-11(15)13-10;11-15-14-5(9(16)17)2-1-3-7-8-6(4-19-7)12-10(18)13-8;13-8(14)4-2-1-3-7-9-6(5-16-7)11-10(15)12-9/h6-9,14,16-17,19H,3-5,10-12H2,1-2H3;7-10,15,17,20H,3-6,11-13H2,1-2H3;6-9H,2-5H2,1H3,(H2,13,14,18);7-8,10H,2-6H2,1H3,(H2,12,13,15);5-8H,1-4H2,(H,16,17)(H2,12,13,18);6-7,9H,1-5H2,(H,13,14)(H2,11,12,15)/t14?,16?,17-,19-;15?,17-,20-;6?,7?,8-,9-;7?,8-,10-;5?,6?,7-,8-;6?,7-,9-/m000000/s1. The van der Waals surface area contributed by atoms with Crippen molar-refractivity contribution in [3.63, 3.8) is 0 Å². The van der Waals surface area contributed by atoms with E-state index in [1.807, 2.05) is 112 Å². The fraction of sp³-hybridized carbons (Fsp3) is 0.707. The number of carboxylic acid groups (broad SMARTS) is 2. The van der Waals surface area contributed by atoms with E-state index in [-0.39, 0.29) is 109 Å². The zero-order valence-electron chi connectivity index (χ0n) is 72.3. The van der Waals surface area contributed by atoms with Crippen LogP contribution in [0.4, 0.5) is 19.2 Å². The summed E-state index contributed by atoms with van der Waals surface area (Å²) in [5.74, 6) is 5.65. The molecule has 10 amide bonds. The van der Waals surface area contributed by atoms with Gasteiger partial charge in [0, 0.05) is 127 Å². The summed E-state index contributed by atoms with van der Waals surface area (Å²) in [5.41, 5.74) is 27.6. The number of azide groups is 3. The summed E-state index contributed by atoms with van der Waals surface area (Å²) in [6, 6.07) is 15.2. The minimum absolute atomic E-state index is 0.0418. The number of carboxylic acids is 2. The van der Waals surface area contributed by atoms with Crippen molar-refractivity contribution < 1.29 is 96.2 Å². The number of amides is 10. The van der Waals surface area contributed by atoms with Gasteiger partial charge in [0.2, 0.25) is 11.8 Å². The number of urea groups is 4. The van der Waals surface area contributed by atoms with Crippen molar-refractivity contribution in [3.8, 4) is 11.5 Å². The van der Waals surface area contributed by atoms with Gasteiger partial charge in [-0.25, -0.2) is 19.2 Å². The lowest BCUT2D eigenvalue weighted by Gasteiger charge is -2.29.